The molecule has 9 nitrogen and oxygen atoms in total. The highest BCUT2D eigenvalue weighted by molar-refractivity contribution is 5.75. The third-order valence-corrected chi connectivity index (χ3v) is 3.83. The number of nitrogen functional groups attached to an aromatic ring is 1. The number of anilines is 3. The second kappa shape index (κ2) is 9.27. The minimum atomic E-state index is -0.600. The largest absolute Gasteiger partial charge is 0.482 e. The van der Waals surface area contributed by atoms with E-state index in [2.05, 4.69) is 20.3 Å². The van der Waals surface area contributed by atoms with Crippen molar-refractivity contribution in [2.75, 3.05) is 17.7 Å². The van der Waals surface area contributed by atoms with Crippen molar-refractivity contribution in [2.45, 2.75) is 13.5 Å². The van der Waals surface area contributed by atoms with E-state index < -0.39 is 5.97 Å². The Hall–Kier alpha value is -4.01. The van der Waals surface area contributed by atoms with Crippen LogP contribution < -0.4 is 15.8 Å². The highest BCUT2D eigenvalue weighted by Gasteiger charge is 2.10. The maximum Gasteiger partial charge on any atom is 0.344 e. The number of para-hydroxylation sites is 1. The molecule has 0 aliphatic carbocycles. The first-order valence-corrected chi connectivity index (χ1v) is 8.70. The van der Waals surface area contributed by atoms with Gasteiger partial charge in [-0.2, -0.15) is 15.0 Å². The Morgan fingerprint density at radius 2 is 1.86 bits per heavy atom. The van der Waals surface area contributed by atoms with Crippen molar-refractivity contribution < 1.29 is 19.1 Å². The van der Waals surface area contributed by atoms with Crippen LogP contribution in [0.1, 0.15) is 21.7 Å². The lowest BCUT2D eigenvalue weighted by Crippen LogP contribution is -2.16. The molecule has 0 atom stereocenters. The molecule has 29 heavy (non-hydrogen) atoms. The van der Waals surface area contributed by atoms with Crippen molar-refractivity contribution in [3.63, 3.8) is 0 Å². The van der Waals surface area contributed by atoms with Crippen molar-refractivity contribution in [1.29, 1.82) is 0 Å². The molecule has 2 aromatic carbocycles. The number of aryl methyl sites for hydroxylation is 1. The van der Waals surface area contributed by atoms with E-state index in [1.807, 2.05) is 31.2 Å². The Kier molecular flexibility index (Phi) is 6.31. The fraction of sp³-hybridized carbons (Fsp3) is 0.150. The first-order chi connectivity index (χ1) is 14.0. The predicted molar refractivity (Wildman–Crippen MR) is 106 cm³/mol. The number of aldehydes is 1. The number of nitrogens with two attached hydrogens (primary N) is 1. The van der Waals surface area contributed by atoms with Crippen LogP contribution in [0.25, 0.3) is 0 Å². The van der Waals surface area contributed by atoms with E-state index in [9.17, 15) is 9.59 Å². The fourth-order valence-electron chi connectivity index (χ4n) is 2.36. The number of carbonyl (C=O) groups excluding carboxylic acids is 2. The predicted octanol–water partition coefficient (Wildman–Crippen LogP) is 2.44. The Morgan fingerprint density at radius 3 is 2.59 bits per heavy atom. The molecule has 0 saturated heterocycles. The maximum atomic E-state index is 11.9. The van der Waals surface area contributed by atoms with Gasteiger partial charge in [0.05, 0.1) is 0 Å². The van der Waals surface area contributed by atoms with Gasteiger partial charge in [0.1, 0.15) is 12.0 Å². The molecular formula is C20H19N5O4. The van der Waals surface area contributed by atoms with Crippen molar-refractivity contribution in [3.8, 4) is 5.75 Å². The van der Waals surface area contributed by atoms with E-state index in [0.29, 0.717) is 11.3 Å². The van der Waals surface area contributed by atoms with Crippen LogP contribution in [0.4, 0.5) is 17.6 Å². The van der Waals surface area contributed by atoms with Crippen LogP contribution in [0.5, 0.6) is 5.75 Å². The number of hydrogen-bond acceptors (Lipinski definition) is 9. The second-order valence-electron chi connectivity index (χ2n) is 6.01. The highest BCUT2D eigenvalue weighted by Crippen LogP contribution is 2.18. The number of benzene rings is 2. The molecule has 148 valence electrons. The van der Waals surface area contributed by atoms with Crippen LogP contribution >= 0.6 is 0 Å². The summed E-state index contributed by atoms with van der Waals surface area (Å²) >= 11 is 0. The summed E-state index contributed by atoms with van der Waals surface area (Å²) in [5.41, 5.74) is 8.08. The summed E-state index contributed by atoms with van der Waals surface area (Å²) in [5, 5.41) is 3.06. The molecule has 0 amide bonds. The van der Waals surface area contributed by atoms with Crippen molar-refractivity contribution >= 4 is 29.8 Å². The highest BCUT2D eigenvalue weighted by atomic mass is 16.6. The van der Waals surface area contributed by atoms with Crippen molar-refractivity contribution in [3.05, 3.63) is 65.5 Å². The van der Waals surface area contributed by atoms with Crippen molar-refractivity contribution in [2.24, 2.45) is 0 Å². The number of nitrogens with zero attached hydrogens (tertiary/aromatic N) is 3. The standard InChI is InChI=1S/C20H19N5O4/c1-13-4-2-3-5-16(13)22-20-24-17(23-19(21)25-20)11-29-18(27)12-28-15-8-6-14(10-26)7-9-15/h2-10H,11-12H2,1H3,(H3,21,22,23,24,25). The van der Waals surface area contributed by atoms with Crippen LogP contribution in [-0.2, 0) is 16.1 Å². The van der Waals surface area contributed by atoms with Crippen LogP contribution in [0.15, 0.2) is 48.5 Å². The molecule has 0 aliphatic rings. The Bertz CT molecular complexity index is 1010. The van der Waals surface area contributed by atoms with Gasteiger partial charge >= 0.3 is 5.97 Å². The summed E-state index contributed by atoms with van der Waals surface area (Å²) in [6.45, 7) is 1.47. The molecule has 3 N–H and O–H groups in total. The van der Waals surface area contributed by atoms with Gasteiger partial charge in [-0.25, -0.2) is 4.79 Å². The minimum absolute atomic E-state index is 0.00801. The van der Waals surface area contributed by atoms with Crippen LogP contribution in [0.2, 0.25) is 0 Å². The molecule has 9 heteroatoms. The van der Waals surface area contributed by atoms with Crippen LogP contribution in [0, 0.1) is 6.92 Å². The van der Waals surface area contributed by atoms with E-state index in [4.69, 9.17) is 15.2 Å². The van der Waals surface area contributed by atoms with Gasteiger partial charge in [-0.15, -0.1) is 0 Å². The Labute approximate surface area is 166 Å². The first kappa shape index (κ1) is 19.7. The number of nitrogens with one attached hydrogen (secondary N) is 1. The molecule has 0 unspecified atom stereocenters. The number of ether oxygens (including phenoxy) is 2. The normalized spacial score (nSPS) is 10.2. The summed E-state index contributed by atoms with van der Waals surface area (Å²) < 4.78 is 10.4. The summed E-state index contributed by atoms with van der Waals surface area (Å²) in [5.74, 6) is 0.314. The molecule has 1 aromatic heterocycles. The topological polar surface area (TPSA) is 129 Å². The summed E-state index contributed by atoms with van der Waals surface area (Å²) in [6.07, 6.45) is 0.723. The van der Waals surface area contributed by atoms with Gasteiger partial charge in [-0.1, -0.05) is 18.2 Å². The molecule has 0 radical (unpaired) electrons. The lowest BCUT2D eigenvalue weighted by atomic mass is 10.2. The zero-order valence-electron chi connectivity index (χ0n) is 15.7. The third kappa shape index (κ3) is 5.73. The lowest BCUT2D eigenvalue weighted by molar-refractivity contribution is -0.147. The monoisotopic (exact) mass is 393 g/mol. The Balaban J connectivity index is 1.55. The van der Waals surface area contributed by atoms with E-state index in [-0.39, 0.29) is 30.9 Å². The average Bonchev–Trinajstić information content (AvgIpc) is 2.72. The second-order valence-corrected chi connectivity index (χ2v) is 6.01. The zero-order valence-corrected chi connectivity index (χ0v) is 15.7. The third-order valence-electron chi connectivity index (χ3n) is 3.83. The molecule has 0 saturated carbocycles. The molecule has 0 aliphatic heterocycles. The van der Waals surface area contributed by atoms with Gasteiger partial charge in [0.25, 0.3) is 0 Å². The molecule has 0 spiro atoms. The van der Waals surface area contributed by atoms with Gasteiger partial charge in [0.15, 0.2) is 19.0 Å². The van der Waals surface area contributed by atoms with Crippen molar-refractivity contribution in [1.82, 2.24) is 15.0 Å². The van der Waals surface area contributed by atoms with Gasteiger partial charge < -0.3 is 20.5 Å². The van der Waals surface area contributed by atoms with Gasteiger partial charge in [0, 0.05) is 11.3 Å². The quantitative estimate of drug-likeness (QED) is 0.438. The summed E-state index contributed by atoms with van der Waals surface area (Å²) in [7, 11) is 0. The van der Waals surface area contributed by atoms with E-state index >= 15 is 0 Å². The van der Waals surface area contributed by atoms with Crippen LogP contribution in [-0.4, -0.2) is 33.8 Å². The van der Waals surface area contributed by atoms with Crippen LogP contribution in [0.3, 0.4) is 0 Å². The smallest absolute Gasteiger partial charge is 0.344 e. The number of esters is 1. The zero-order chi connectivity index (χ0) is 20.6. The number of hydrogen-bond donors (Lipinski definition) is 2. The summed E-state index contributed by atoms with van der Waals surface area (Å²) in [4.78, 5) is 34.8. The molecular weight excluding hydrogens is 374 g/mol. The summed E-state index contributed by atoms with van der Waals surface area (Å²) in [6, 6.07) is 14.0. The first-order valence-electron chi connectivity index (χ1n) is 8.70. The van der Waals surface area contributed by atoms with Gasteiger partial charge in [-0.05, 0) is 42.8 Å². The van der Waals surface area contributed by atoms with E-state index in [1.54, 1.807) is 24.3 Å². The minimum Gasteiger partial charge on any atom is -0.482 e. The number of carbonyl (C=O) groups is 2. The average molecular weight is 393 g/mol. The molecule has 0 fully saturated rings. The molecule has 1 heterocycles. The fourth-order valence-corrected chi connectivity index (χ4v) is 2.36. The van der Waals surface area contributed by atoms with E-state index in [1.165, 1.54) is 0 Å². The molecule has 0 bridgehead atoms. The van der Waals surface area contributed by atoms with Gasteiger partial charge in [0.2, 0.25) is 11.9 Å². The SMILES string of the molecule is Cc1ccccc1Nc1nc(N)nc(COC(=O)COc2ccc(C=O)cc2)n1. The number of rotatable bonds is 8. The maximum absolute atomic E-state index is 11.9. The van der Waals surface area contributed by atoms with Gasteiger partial charge in [-0.3, -0.25) is 4.79 Å². The molecule has 3 rings (SSSR count). The number of aromatic nitrogens is 3. The van der Waals surface area contributed by atoms with E-state index in [0.717, 1.165) is 17.5 Å². The lowest BCUT2D eigenvalue weighted by Gasteiger charge is -2.10. The molecule has 3 aromatic rings. The Morgan fingerprint density at radius 1 is 1.10 bits per heavy atom.